The fourth-order valence-corrected chi connectivity index (χ4v) is 6.85. The molecule has 4 aliphatic rings. The normalized spacial score (nSPS) is 34.1. The van der Waals surface area contributed by atoms with Crippen LogP contribution in [0.5, 0.6) is 0 Å². The van der Waals surface area contributed by atoms with Crippen molar-refractivity contribution in [2.24, 2.45) is 23.7 Å². The Kier molecular flexibility index (Phi) is 7.39. The van der Waals surface area contributed by atoms with Crippen molar-refractivity contribution in [2.45, 2.75) is 108 Å². The second-order valence-corrected chi connectivity index (χ2v) is 11.1. The third-order valence-electron chi connectivity index (χ3n) is 8.85. The summed E-state index contributed by atoms with van der Waals surface area (Å²) in [6, 6.07) is 0.773. The molecule has 4 rings (SSSR count). The molecule has 1 heterocycles. The maximum atomic E-state index is 11.1. The SMILES string of the molecule is CC1CCC(C(CNC2CCCCC2)CN2CC(O)(C3CCCCC3)C2)CC1. The average Bonchev–Trinajstić information content (AvgIpc) is 2.71. The van der Waals surface area contributed by atoms with Gasteiger partial charge in [0, 0.05) is 25.7 Å². The number of hydrogen-bond donors (Lipinski definition) is 2. The van der Waals surface area contributed by atoms with Crippen LogP contribution in [0.2, 0.25) is 0 Å². The summed E-state index contributed by atoms with van der Waals surface area (Å²) in [4.78, 5) is 2.60. The van der Waals surface area contributed by atoms with Crippen molar-refractivity contribution in [1.82, 2.24) is 10.2 Å². The van der Waals surface area contributed by atoms with E-state index in [4.69, 9.17) is 0 Å². The molecular formula is C25H46N2O. The second-order valence-electron chi connectivity index (χ2n) is 11.1. The van der Waals surface area contributed by atoms with Crippen LogP contribution >= 0.6 is 0 Å². The summed E-state index contributed by atoms with van der Waals surface area (Å²) in [7, 11) is 0. The molecule has 162 valence electrons. The van der Waals surface area contributed by atoms with Crippen LogP contribution in [0.15, 0.2) is 0 Å². The van der Waals surface area contributed by atoms with E-state index in [1.165, 1.54) is 103 Å². The molecule has 1 atom stereocenters. The molecule has 1 aliphatic heterocycles. The summed E-state index contributed by atoms with van der Waals surface area (Å²) in [6.07, 6.45) is 19.3. The van der Waals surface area contributed by atoms with Gasteiger partial charge in [0.2, 0.25) is 0 Å². The average molecular weight is 391 g/mol. The molecule has 3 heteroatoms. The topological polar surface area (TPSA) is 35.5 Å². The largest absolute Gasteiger partial charge is 0.387 e. The van der Waals surface area contributed by atoms with Crippen LogP contribution < -0.4 is 5.32 Å². The highest BCUT2D eigenvalue weighted by atomic mass is 16.3. The van der Waals surface area contributed by atoms with Crippen molar-refractivity contribution in [3.63, 3.8) is 0 Å². The molecular weight excluding hydrogens is 344 g/mol. The Morgan fingerprint density at radius 1 is 0.857 bits per heavy atom. The molecule has 3 aliphatic carbocycles. The predicted molar refractivity (Wildman–Crippen MR) is 117 cm³/mol. The minimum Gasteiger partial charge on any atom is -0.387 e. The maximum absolute atomic E-state index is 11.1. The van der Waals surface area contributed by atoms with E-state index in [0.717, 1.165) is 36.9 Å². The lowest BCUT2D eigenvalue weighted by Gasteiger charge is -2.53. The van der Waals surface area contributed by atoms with Crippen LogP contribution in [0.25, 0.3) is 0 Å². The molecule has 3 nitrogen and oxygen atoms in total. The first kappa shape index (κ1) is 21.1. The van der Waals surface area contributed by atoms with E-state index in [2.05, 4.69) is 17.1 Å². The van der Waals surface area contributed by atoms with Crippen molar-refractivity contribution in [3.8, 4) is 0 Å². The zero-order chi connectivity index (χ0) is 19.4. The highest BCUT2D eigenvalue weighted by molar-refractivity contribution is 5.01. The molecule has 4 fully saturated rings. The van der Waals surface area contributed by atoms with E-state index in [1.54, 1.807) is 0 Å². The molecule has 28 heavy (non-hydrogen) atoms. The summed E-state index contributed by atoms with van der Waals surface area (Å²) >= 11 is 0. The molecule has 0 amide bonds. The minimum absolute atomic E-state index is 0.358. The summed E-state index contributed by atoms with van der Waals surface area (Å²) in [5, 5.41) is 15.1. The first-order valence-corrected chi connectivity index (χ1v) is 12.8. The van der Waals surface area contributed by atoms with Crippen molar-refractivity contribution < 1.29 is 5.11 Å². The van der Waals surface area contributed by atoms with Gasteiger partial charge in [-0.25, -0.2) is 0 Å². The van der Waals surface area contributed by atoms with E-state index >= 15 is 0 Å². The number of nitrogens with zero attached hydrogens (tertiary/aromatic N) is 1. The first-order valence-electron chi connectivity index (χ1n) is 12.8. The van der Waals surface area contributed by atoms with Gasteiger partial charge in [0.25, 0.3) is 0 Å². The van der Waals surface area contributed by atoms with E-state index in [1.807, 2.05) is 0 Å². The lowest BCUT2D eigenvalue weighted by molar-refractivity contribution is -0.148. The molecule has 0 aromatic heterocycles. The third-order valence-corrected chi connectivity index (χ3v) is 8.85. The zero-order valence-electron chi connectivity index (χ0n) is 18.5. The summed E-state index contributed by atoms with van der Waals surface area (Å²) in [5.41, 5.74) is -0.358. The van der Waals surface area contributed by atoms with E-state index in [9.17, 15) is 5.11 Å². The second kappa shape index (κ2) is 9.79. The summed E-state index contributed by atoms with van der Waals surface area (Å²) < 4.78 is 0. The molecule has 0 aromatic rings. The molecule has 3 saturated carbocycles. The van der Waals surface area contributed by atoms with Gasteiger partial charge in [0.1, 0.15) is 0 Å². The number of nitrogens with one attached hydrogen (secondary N) is 1. The Labute approximate surface area is 174 Å². The Bertz CT molecular complexity index is 455. The van der Waals surface area contributed by atoms with Crippen LogP contribution in [0.3, 0.4) is 0 Å². The fraction of sp³-hybridized carbons (Fsp3) is 1.00. The third kappa shape index (κ3) is 5.32. The summed E-state index contributed by atoms with van der Waals surface area (Å²) in [6.45, 7) is 6.75. The van der Waals surface area contributed by atoms with E-state index in [0.29, 0.717) is 5.92 Å². The van der Waals surface area contributed by atoms with Crippen LogP contribution in [-0.2, 0) is 0 Å². The van der Waals surface area contributed by atoms with Gasteiger partial charge in [-0.1, -0.05) is 58.3 Å². The van der Waals surface area contributed by atoms with Gasteiger partial charge < -0.3 is 10.4 Å². The molecule has 0 bridgehead atoms. The van der Waals surface area contributed by atoms with Gasteiger partial charge in [0.15, 0.2) is 0 Å². The number of β-amino-alcohol motifs (C(OH)–C–C–N with tert-alkyl or cyclic N) is 1. The van der Waals surface area contributed by atoms with Crippen molar-refractivity contribution >= 4 is 0 Å². The van der Waals surface area contributed by atoms with Crippen molar-refractivity contribution in [1.29, 1.82) is 0 Å². The summed E-state index contributed by atoms with van der Waals surface area (Å²) in [5.74, 6) is 3.19. The van der Waals surface area contributed by atoms with Gasteiger partial charge >= 0.3 is 0 Å². The zero-order valence-corrected chi connectivity index (χ0v) is 18.5. The van der Waals surface area contributed by atoms with E-state index < -0.39 is 0 Å². The molecule has 1 saturated heterocycles. The molecule has 0 aromatic carbocycles. The van der Waals surface area contributed by atoms with Gasteiger partial charge in [0.05, 0.1) is 5.60 Å². The van der Waals surface area contributed by atoms with Crippen LogP contribution in [0, 0.1) is 23.7 Å². The Hall–Kier alpha value is -0.120. The van der Waals surface area contributed by atoms with Gasteiger partial charge in [-0.2, -0.15) is 0 Å². The quantitative estimate of drug-likeness (QED) is 0.643. The van der Waals surface area contributed by atoms with Crippen LogP contribution in [0.4, 0.5) is 0 Å². The number of aliphatic hydroxyl groups is 1. The maximum Gasteiger partial charge on any atom is 0.0928 e. The molecule has 1 unspecified atom stereocenters. The fourth-order valence-electron chi connectivity index (χ4n) is 6.85. The van der Waals surface area contributed by atoms with E-state index in [-0.39, 0.29) is 5.60 Å². The van der Waals surface area contributed by atoms with Crippen LogP contribution in [-0.4, -0.2) is 47.8 Å². The lowest BCUT2D eigenvalue weighted by atomic mass is 9.71. The smallest absolute Gasteiger partial charge is 0.0928 e. The van der Waals surface area contributed by atoms with Gasteiger partial charge in [-0.05, 0) is 68.7 Å². The lowest BCUT2D eigenvalue weighted by Crippen LogP contribution is -2.66. The van der Waals surface area contributed by atoms with Gasteiger partial charge in [-0.15, -0.1) is 0 Å². The van der Waals surface area contributed by atoms with Crippen molar-refractivity contribution in [2.75, 3.05) is 26.2 Å². The number of likely N-dealkylation sites (tertiary alicyclic amines) is 1. The molecule has 0 radical (unpaired) electrons. The minimum atomic E-state index is -0.358. The number of rotatable bonds is 7. The van der Waals surface area contributed by atoms with Crippen molar-refractivity contribution in [3.05, 3.63) is 0 Å². The highest BCUT2D eigenvalue weighted by Gasteiger charge is 2.47. The van der Waals surface area contributed by atoms with Crippen LogP contribution in [0.1, 0.15) is 96.8 Å². The standard InChI is InChI=1S/C25H46N2O/c1-20-12-14-21(15-13-20)22(16-26-24-10-6-3-7-11-24)17-27-18-25(28,19-27)23-8-4-2-5-9-23/h20-24,26,28H,2-19H2,1H3. The first-order chi connectivity index (χ1) is 13.6. The Balaban J connectivity index is 1.29. The van der Waals surface area contributed by atoms with Gasteiger partial charge in [-0.3, -0.25) is 4.90 Å². The molecule has 2 N–H and O–H groups in total. The Morgan fingerprint density at radius 3 is 2.11 bits per heavy atom. The predicted octanol–water partition coefficient (Wildman–Crippen LogP) is 4.98. The monoisotopic (exact) mass is 390 g/mol. The number of hydrogen-bond acceptors (Lipinski definition) is 3. The highest BCUT2D eigenvalue weighted by Crippen LogP contribution is 2.40. The Morgan fingerprint density at radius 2 is 1.46 bits per heavy atom. The molecule has 0 spiro atoms.